The molecule has 3 aromatic rings. The van der Waals surface area contributed by atoms with Crippen LogP contribution in [-0.4, -0.2) is 25.0 Å². The van der Waals surface area contributed by atoms with E-state index in [0.29, 0.717) is 23.7 Å². The minimum absolute atomic E-state index is 0.150. The Bertz CT molecular complexity index is 933. The molecule has 0 aliphatic carbocycles. The van der Waals surface area contributed by atoms with Gasteiger partial charge >= 0.3 is 0 Å². The number of nitrogens with one attached hydrogen (secondary N) is 1. The Kier molecular flexibility index (Phi) is 4.18. The van der Waals surface area contributed by atoms with Gasteiger partial charge in [0, 0.05) is 18.2 Å². The molecule has 1 aromatic heterocycles. The number of benzene rings is 2. The highest BCUT2D eigenvalue weighted by atomic mass is 16.7. The SMILES string of the molecule is COc1ccc(-c2cc(C(=O)NCc3ccc4c(c3)OCO4)on2)cc1. The van der Waals surface area contributed by atoms with E-state index in [-0.39, 0.29) is 18.5 Å². The van der Waals surface area contributed by atoms with Gasteiger partial charge in [0.15, 0.2) is 11.5 Å². The first-order valence-corrected chi connectivity index (χ1v) is 8.01. The lowest BCUT2D eigenvalue weighted by atomic mass is 10.1. The molecule has 7 nitrogen and oxygen atoms in total. The van der Waals surface area contributed by atoms with Crippen LogP contribution in [0, 0.1) is 0 Å². The van der Waals surface area contributed by atoms with Crippen molar-refractivity contribution in [2.45, 2.75) is 6.54 Å². The van der Waals surface area contributed by atoms with E-state index in [2.05, 4.69) is 10.5 Å². The Hall–Kier alpha value is -3.48. The van der Waals surface area contributed by atoms with E-state index in [9.17, 15) is 4.79 Å². The number of ether oxygens (including phenoxy) is 3. The van der Waals surface area contributed by atoms with Gasteiger partial charge in [-0.15, -0.1) is 0 Å². The smallest absolute Gasteiger partial charge is 0.290 e. The van der Waals surface area contributed by atoms with E-state index in [0.717, 1.165) is 16.9 Å². The van der Waals surface area contributed by atoms with Crippen LogP contribution in [0.1, 0.15) is 16.1 Å². The lowest BCUT2D eigenvalue weighted by Crippen LogP contribution is -2.22. The van der Waals surface area contributed by atoms with E-state index in [1.807, 2.05) is 42.5 Å². The average molecular weight is 352 g/mol. The molecule has 0 fully saturated rings. The summed E-state index contributed by atoms with van der Waals surface area (Å²) in [5.41, 5.74) is 2.32. The van der Waals surface area contributed by atoms with Crippen molar-refractivity contribution in [3.05, 3.63) is 59.9 Å². The zero-order valence-electron chi connectivity index (χ0n) is 14.0. The molecule has 0 saturated carbocycles. The van der Waals surface area contributed by atoms with E-state index in [4.69, 9.17) is 18.7 Å². The zero-order valence-corrected chi connectivity index (χ0v) is 14.0. The van der Waals surface area contributed by atoms with Crippen LogP contribution < -0.4 is 19.5 Å². The molecule has 26 heavy (non-hydrogen) atoms. The largest absolute Gasteiger partial charge is 0.497 e. The lowest BCUT2D eigenvalue weighted by Gasteiger charge is -2.04. The number of hydrogen-bond donors (Lipinski definition) is 1. The molecule has 0 atom stereocenters. The first-order chi connectivity index (χ1) is 12.7. The maximum atomic E-state index is 12.3. The first-order valence-electron chi connectivity index (χ1n) is 8.01. The number of rotatable bonds is 5. The highest BCUT2D eigenvalue weighted by molar-refractivity contribution is 5.92. The number of carbonyl (C=O) groups is 1. The van der Waals surface area contributed by atoms with Gasteiger partial charge in [-0.2, -0.15) is 0 Å². The van der Waals surface area contributed by atoms with E-state index < -0.39 is 0 Å². The second kappa shape index (κ2) is 6.79. The number of fused-ring (bicyclic) bond motifs is 1. The Morgan fingerprint density at radius 3 is 2.73 bits per heavy atom. The van der Waals surface area contributed by atoms with E-state index in [1.165, 1.54) is 0 Å². The number of aromatic nitrogens is 1. The van der Waals surface area contributed by atoms with E-state index >= 15 is 0 Å². The van der Waals surface area contributed by atoms with Crippen molar-refractivity contribution in [2.24, 2.45) is 0 Å². The molecule has 2 heterocycles. The van der Waals surface area contributed by atoms with Crippen LogP contribution in [0.3, 0.4) is 0 Å². The molecule has 132 valence electrons. The molecule has 0 spiro atoms. The van der Waals surface area contributed by atoms with Gasteiger partial charge in [0.2, 0.25) is 12.6 Å². The summed E-state index contributed by atoms with van der Waals surface area (Å²) in [6.07, 6.45) is 0. The number of hydrogen-bond acceptors (Lipinski definition) is 6. The van der Waals surface area contributed by atoms with Gasteiger partial charge in [0.25, 0.3) is 5.91 Å². The first kappa shape index (κ1) is 16.0. The van der Waals surface area contributed by atoms with E-state index in [1.54, 1.807) is 13.2 Å². The predicted molar refractivity (Wildman–Crippen MR) is 92.2 cm³/mol. The second-order valence-corrected chi connectivity index (χ2v) is 5.68. The summed E-state index contributed by atoms with van der Waals surface area (Å²) in [5, 5.41) is 6.75. The Morgan fingerprint density at radius 2 is 1.92 bits per heavy atom. The van der Waals surface area contributed by atoms with Gasteiger partial charge in [0.1, 0.15) is 11.4 Å². The summed E-state index contributed by atoms with van der Waals surface area (Å²) in [4.78, 5) is 12.3. The number of methoxy groups -OCH3 is 1. The normalized spacial score (nSPS) is 12.0. The zero-order chi connectivity index (χ0) is 17.9. The summed E-state index contributed by atoms with van der Waals surface area (Å²) >= 11 is 0. The fourth-order valence-electron chi connectivity index (χ4n) is 2.60. The Labute approximate surface area is 149 Å². The van der Waals surface area contributed by atoms with Crippen LogP contribution in [0.25, 0.3) is 11.3 Å². The third-order valence-electron chi connectivity index (χ3n) is 4.01. The van der Waals surface area contributed by atoms with Crippen molar-refractivity contribution in [3.63, 3.8) is 0 Å². The fraction of sp³-hybridized carbons (Fsp3) is 0.158. The van der Waals surface area contributed by atoms with Crippen LogP contribution in [0.5, 0.6) is 17.2 Å². The van der Waals surface area contributed by atoms with Crippen LogP contribution in [0.15, 0.2) is 53.1 Å². The van der Waals surface area contributed by atoms with Crippen molar-refractivity contribution < 1.29 is 23.5 Å². The molecule has 1 aliphatic heterocycles. The van der Waals surface area contributed by atoms with Crippen LogP contribution in [0.2, 0.25) is 0 Å². The molecule has 0 bridgehead atoms. The molecule has 0 saturated heterocycles. The molecular weight excluding hydrogens is 336 g/mol. The van der Waals surface area contributed by atoms with Crippen LogP contribution >= 0.6 is 0 Å². The summed E-state index contributed by atoms with van der Waals surface area (Å²) in [6.45, 7) is 0.561. The third-order valence-corrected chi connectivity index (χ3v) is 4.01. The predicted octanol–water partition coefficient (Wildman–Crippen LogP) is 3.01. The van der Waals surface area contributed by atoms with Crippen molar-refractivity contribution >= 4 is 5.91 Å². The molecule has 1 aliphatic rings. The molecule has 1 N–H and O–H groups in total. The summed E-state index contributed by atoms with van der Waals surface area (Å²) in [7, 11) is 1.60. The van der Waals surface area contributed by atoms with Crippen molar-refractivity contribution in [3.8, 4) is 28.5 Å². The molecule has 1 amide bonds. The maximum Gasteiger partial charge on any atom is 0.290 e. The third kappa shape index (κ3) is 3.19. The van der Waals surface area contributed by atoms with Crippen molar-refractivity contribution in [1.82, 2.24) is 10.5 Å². The average Bonchev–Trinajstić information content (AvgIpc) is 3.35. The molecule has 2 aromatic carbocycles. The van der Waals surface area contributed by atoms with Gasteiger partial charge in [-0.3, -0.25) is 4.79 Å². The molecule has 4 rings (SSSR count). The second-order valence-electron chi connectivity index (χ2n) is 5.68. The topological polar surface area (TPSA) is 82.8 Å². The Balaban J connectivity index is 1.41. The summed E-state index contributed by atoms with van der Waals surface area (Å²) in [6, 6.07) is 14.5. The highest BCUT2D eigenvalue weighted by Crippen LogP contribution is 2.32. The minimum atomic E-state index is -0.338. The van der Waals surface area contributed by atoms with Gasteiger partial charge in [-0.05, 0) is 42.0 Å². The van der Waals surface area contributed by atoms with Gasteiger partial charge in [-0.25, -0.2) is 0 Å². The highest BCUT2D eigenvalue weighted by Gasteiger charge is 2.16. The fourth-order valence-corrected chi connectivity index (χ4v) is 2.60. The lowest BCUT2D eigenvalue weighted by molar-refractivity contribution is 0.0914. The monoisotopic (exact) mass is 352 g/mol. The van der Waals surface area contributed by atoms with Crippen molar-refractivity contribution in [2.75, 3.05) is 13.9 Å². The summed E-state index contributed by atoms with van der Waals surface area (Å²) < 4.78 is 20.9. The van der Waals surface area contributed by atoms with Crippen LogP contribution in [-0.2, 0) is 6.54 Å². The summed E-state index contributed by atoms with van der Waals surface area (Å²) in [5.74, 6) is 1.95. The molecular formula is C19H16N2O5. The van der Waals surface area contributed by atoms with Crippen LogP contribution in [0.4, 0.5) is 0 Å². The minimum Gasteiger partial charge on any atom is -0.497 e. The van der Waals surface area contributed by atoms with Gasteiger partial charge < -0.3 is 24.1 Å². The maximum absolute atomic E-state index is 12.3. The molecule has 0 unspecified atom stereocenters. The van der Waals surface area contributed by atoms with Crippen molar-refractivity contribution in [1.29, 1.82) is 0 Å². The Morgan fingerprint density at radius 1 is 1.12 bits per heavy atom. The van der Waals surface area contributed by atoms with Gasteiger partial charge in [-0.1, -0.05) is 11.2 Å². The van der Waals surface area contributed by atoms with Gasteiger partial charge in [0.05, 0.1) is 7.11 Å². The quantitative estimate of drug-likeness (QED) is 0.760. The molecule has 0 radical (unpaired) electrons. The number of nitrogens with zero attached hydrogens (tertiary/aromatic N) is 1. The standard InChI is InChI=1S/C19H16N2O5/c1-23-14-5-3-13(4-6-14)15-9-18(26-21-15)19(22)20-10-12-2-7-16-17(8-12)25-11-24-16/h2-9H,10-11H2,1H3,(H,20,22). The number of amides is 1. The number of carbonyl (C=O) groups excluding carboxylic acids is 1. The molecule has 7 heteroatoms.